The molecule has 1 aliphatic heterocycles. The third-order valence-electron chi connectivity index (χ3n) is 2.03. The number of ketones is 1. The SMILES string of the molecule is O=C(O)/C=[N+]1/CC(=O)Cc2cocc21. The van der Waals surface area contributed by atoms with Crippen LogP contribution in [0.4, 0.5) is 5.69 Å². The summed E-state index contributed by atoms with van der Waals surface area (Å²) in [5, 5.41) is 8.58. The molecular weight excluding hydrogens is 186 g/mol. The number of aliphatic carboxylic acids is 1. The number of Topliss-reactive ketones (excluding diaryl/α,β-unsaturated/α-hetero) is 1. The third kappa shape index (κ3) is 1.44. The number of rotatable bonds is 1. The normalized spacial score (nSPS) is 18.3. The molecule has 1 aliphatic rings. The fourth-order valence-electron chi connectivity index (χ4n) is 1.49. The number of hydrogen-bond donors (Lipinski definition) is 1. The van der Waals surface area contributed by atoms with Gasteiger partial charge in [0.05, 0.1) is 5.56 Å². The monoisotopic (exact) mass is 194 g/mol. The van der Waals surface area contributed by atoms with Crippen molar-refractivity contribution >= 4 is 23.7 Å². The van der Waals surface area contributed by atoms with E-state index in [1.807, 2.05) is 0 Å². The van der Waals surface area contributed by atoms with Crippen molar-refractivity contribution in [3.8, 4) is 0 Å². The van der Waals surface area contributed by atoms with Crippen molar-refractivity contribution in [2.75, 3.05) is 6.54 Å². The minimum absolute atomic E-state index is 0.0172. The zero-order valence-electron chi connectivity index (χ0n) is 7.27. The Morgan fingerprint density at radius 1 is 1.57 bits per heavy atom. The van der Waals surface area contributed by atoms with E-state index >= 15 is 0 Å². The molecular formula is C9H8NO4+. The molecule has 0 amide bonds. The number of carbonyl (C=O) groups excluding carboxylic acids is 1. The van der Waals surface area contributed by atoms with Crippen LogP contribution in [0, 0.1) is 0 Å². The van der Waals surface area contributed by atoms with Gasteiger partial charge >= 0.3 is 5.97 Å². The average Bonchev–Trinajstić information content (AvgIpc) is 2.50. The first kappa shape index (κ1) is 8.68. The lowest BCUT2D eigenvalue weighted by Gasteiger charge is -2.06. The molecule has 2 rings (SSSR count). The van der Waals surface area contributed by atoms with E-state index in [1.165, 1.54) is 17.1 Å². The van der Waals surface area contributed by atoms with Gasteiger partial charge in [-0.05, 0) is 0 Å². The van der Waals surface area contributed by atoms with Crippen LogP contribution in [-0.2, 0) is 16.0 Å². The summed E-state index contributed by atoms with van der Waals surface area (Å²) in [5.41, 5.74) is 1.39. The number of carbonyl (C=O) groups is 2. The van der Waals surface area contributed by atoms with Gasteiger partial charge in [-0.3, -0.25) is 4.79 Å². The highest BCUT2D eigenvalue weighted by molar-refractivity contribution is 6.20. The molecule has 0 fully saturated rings. The van der Waals surface area contributed by atoms with Gasteiger partial charge in [-0.2, -0.15) is 4.58 Å². The first-order chi connectivity index (χ1) is 6.66. The average molecular weight is 194 g/mol. The van der Waals surface area contributed by atoms with Crippen molar-refractivity contribution in [2.24, 2.45) is 0 Å². The molecule has 2 heterocycles. The summed E-state index contributed by atoms with van der Waals surface area (Å²) in [6.07, 6.45) is 4.21. The number of carboxylic acid groups (broad SMARTS) is 1. The van der Waals surface area contributed by atoms with Crippen molar-refractivity contribution in [2.45, 2.75) is 6.42 Å². The summed E-state index contributed by atoms with van der Waals surface area (Å²) >= 11 is 0. The van der Waals surface area contributed by atoms with Crippen molar-refractivity contribution in [1.29, 1.82) is 0 Å². The number of nitrogens with zero attached hydrogens (tertiary/aromatic N) is 1. The minimum atomic E-state index is -1.08. The minimum Gasteiger partial charge on any atom is -0.474 e. The van der Waals surface area contributed by atoms with Gasteiger partial charge in [0.1, 0.15) is 6.26 Å². The van der Waals surface area contributed by atoms with Crippen molar-refractivity contribution in [3.05, 3.63) is 18.1 Å². The van der Waals surface area contributed by atoms with Gasteiger partial charge in [0, 0.05) is 6.42 Å². The smallest absolute Gasteiger partial charge is 0.393 e. The number of fused-ring (bicyclic) bond motifs is 1. The Hall–Kier alpha value is -1.91. The standard InChI is InChI=1S/C9H7NO4/c11-7-1-6-4-14-5-8(6)10(2-7)3-9(12)13/h3-5H,1-2H2/p+1/b10-3-. The van der Waals surface area contributed by atoms with Gasteiger partial charge in [-0.1, -0.05) is 0 Å². The lowest BCUT2D eigenvalue weighted by molar-refractivity contribution is -0.426. The van der Waals surface area contributed by atoms with Gasteiger partial charge in [-0.25, -0.2) is 4.79 Å². The molecule has 5 heteroatoms. The lowest BCUT2D eigenvalue weighted by atomic mass is 10.1. The predicted octanol–water partition coefficient (Wildman–Crippen LogP) is 0.204. The van der Waals surface area contributed by atoms with Crippen LogP contribution in [-0.4, -0.2) is 34.2 Å². The maximum atomic E-state index is 11.2. The molecule has 1 aromatic heterocycles. The Bertz CT molecular complexity index is 430. The molecule has 14 heavy (non-hydrogen) atoms. The highest BCUT2D eigenvalue weighted by Crippen LogP contribution is 2.24. The molecule has 0 spiro atoms. The first-order valence-corrected chi connectivity index (χ1v) is 4.08. The Kier molecular flexibility index (Phi) is 1.92. The molecule has 0 saturated carbocycles. The first-order valence-electron chi connectivity index (χ1n) is 4.08. The zero-order valence-corrected chi connectivity index (χ0v) is 7.27. The van der Waals surface area contributed by atoms with Crippen LogP contribution < -0.4 is 0 Å². The van der Waals surface area contributed by atoms with Crippen LogP contribution in [0.3, 0.4) is 0 Å². The van der Waals surface area contributed by atoms with E-state index in [2.05, 4.69) is 0 Å². The van der Waals surface area contributed by atoms with E-state index in [9.17, 15) is 9.59 Å². The molecule has 1 N–H and O–H groups in total. The molecule has 0 aromatic carbocycles. The highest BCUT2D eigenvalue weighted by atomic mass is 16.4. The van der Waals surface area contributed by atoms with Crippen LogP contribution in [0.1, 0.15) is 5.56 Å². The topological polar surface area (TPSA) is 70.5 Å². The van der Waals surface area contributed by atoms with Gasteiger partial charge in [0.15, 0.2) is 6.26 Å². The molecule has 0 atom stereocenters. The van der Waals surface area contributed by atoms with Crippen LogP contribution in [0.5, 0.6) is 0 Å². The molecule has 0 unspecified atom stereocenters. The molecule has 0 radical (unpaired) electrons. The fraction of sp³-hybridized carbons (Fsp3) is 0.222. The number of carboxylic acids is 1. The molecule has 0 bridgehead atoms. The summed E-state index contributed by atoms with van der Waals surface area (Å²) in [6, 6.07) is 0. The molecule has 1 aromatic rings. The second-order valence-corrected chi connectivity index (χ2v) is 3.09. The maximum Gasteiger partial charge on any atom is 0.393 e. The van der Waals surface area contributed by atoms with E-state index in [1.54, 1.807) is 0 Å². The second kappa shape index (κ2) is 3.10. The Morgan fingerprint density at radius 3 is 3.07 bits per heavy atom. The van der Waals surface area contributed by atoms with Crippen LogP contribution >= 0.6 is 0 Å². The van der Waals surface area contributed by atoms with E-state index in [0.29, 0.717) is 12.1 Å². The van der Waals surface area contributed by atoms with Crippen molar-refractivity contribution in [1.82, 2.24) is 0 Å². The largest absolute Gasteiger partial charge is 0.474 e. The van der Waals surface area contributed by atoms with Gasteiger partial charge in [-0.15, -0.1) is 0 Å². The summed E-state index contributed by atoms with van der Waals surface area (Å²) in [4.78, 5) is 21.7. The highest BCUT2D eigenvalue weighted by Gasteiger charge is 2.29. The predicted molar refractivity (Wildman–Crippen MR) is 45.9 cm³/mol. The summed E-state index contributed by atoms with van der Waals surface area (Å²) in [7, 11) is 0. The Balaban J connectivity index is 2.47. The number of furan rings is 1. The molecule has 0 saturated heterocycles. The lowest BCUT2D eigenvalue weighted by Crippen LogP contribution is -2.26. The molecule has 0 aliphatic carbocycles. The van der Waals surface area contributed by atoms with E-state index in [4.69, 9.17) is 9.52 Å². The summed E-state index contributed by atoms with van der Waals surface area (Å²) < 4.78 is 6.30. The van der Waals surface area contributed by atoms with Crippen molar-refractivity contribution in [3.63, 3.8) is 0 Å². The van der Waals surface area contributed by atoms with Crippen LogP contribution in [0.15, 0.2) is 16.9 Å². The molecule has 5 nitrogen and oxygen atoms in total. The van der Waals surface area contributed by atoms with E-state index in [-0.39, 0.29) is 12.3 Å². The maximum absolute atomic E-state index is 11.2. The van der Waals surface area contributed by atoms with E-state index in [0.717, 1.165) is 11.8 Å². The quantitative estimate of drug-likeness (QED) is 0.648. The van der Waals surface area contributed by atoms with Gasteiger partial charge in [0.25, 0.3) is 6.21 Å². The second-order valence-electron chi connectivity index (χ2n) is 3.09. The van der Waals surface area contributed by atoms with Crippen LogP contribution in [0.2, 0.25) is 0 Å². The Morgan fingerprint density at radius 2 is 2.36 bits per heavy atom. The Labute approximate surface area is 79.3 Å². The van der Waals surface area contributed by atoms with Gasteiger partial charge in [0.2, 0.25) is 18.0 Å². The van der Waals surface area contributed by atoms with Crippen molar-refractivity contribution < 1.29 is 23.7 Å². The zero-order chi connectivity index (χ0) is 10.1. The summed E-state index contributed by atoms with van der Waals surface area (Å²) in [6.45, 7) is 0.0961. The van der Waals surface area contributed by atoms with Gasteiger partial charge < -0.3 is 9.52 Å². The van der Waals surface area contributed by atoms with Crippen LogP contribution in [0.25, 0.3) is 0 Å². The molecule has 72 valence electrons. The fourth-order valence-corrected chi connectivity index (χ4v) is 1.49. The number of hydrogen-bond acceptors (Lipinski definition) is 3. The van der Waals surface area contributed by atoms with E-state index < -0.39 is 5.97 Å². The third-order valence-corrected chi connectivity index (χ3v) is 2.03. The summed E-state index contributed by atoms with van der Waals surface area (Å²) in [5.74, 6) is -1.09.